The molecule has 0 radical (unpaired) electrons. The molecule has 136 valence electrons. The van der Waals surface area contributed by atoms with E-state index in [9.17, 15) is 9.18 Å². The van der Waals surface area contributed by atoms with Crippen molar-refractivity contribution in [1.29, 1.82) is 0 Å². The van der Waals surface area contributed by atoms with Crippen LogP contribution in [-0.4, -0.2) is 27.2 Å². The highest BCUT2D eigenvalue weighted by molar-refractivity contribution is 7.19. The summed E-state index contributed by atoms with van der Waals surface area (Å²) in [7, 11) is 1.81. The summed E-state index contributed by atoms with van der Waals surface area (Å²) < 4.78 is 15.0. The molecule has 0 spiro atoms. The fraction of sp³-hybridized carbons (Fsp3) is 0.143. The molecule has 4 aromatic rings. The van der Waals surface area contributed by atoms with Gasteiger partial charge in [-0.1, -0.05) is 41.7 Å². The molecular weight excluding hydrogens is 361 g/mol. The average molecular weight is 379 g/mol. The van der Waals surface area contributed by atoms with Gasteiger partial charge in [0.05, 0.1) is 5.69 Å². The Hall–Kier alpha value is -2.99. The molecule has 0 atom stereocenters. The van der Waals surface area contributed by atoms with E-state index in [1.807, 2.05) is 47.9 Å². The van der Waals surface area contributed by atoms with Gasteiger partial charge in [0.15, 0.2) is 4.96 Å². The van der Waals surface area contributed by atoms with Crippen LogP contribution in [0.3, 0.4) is 0 Å². The van der Waals surface area contributed by atoms with Crippen LogP contribution in [0.2, 0.25) is 0 Å². The van der Waals surface area contributed by atoms with Crippen LogP contribution in [0, 0.1) is 12.7 Å². The number of benzene rings is 2. The van der Waals surface area contributed by atoms with Gasteiger partial charge >= 0.3 is 0 Å². The van der Waals surface area contributed by atoms with E-state index < -0.39 is 0 Å². The molecule has 0 fully saturated rings. The second-order valence-corrected chi connectivity index (χ2v) is 7.43. The van der Waals surface area contributed by atoms with Crippen LogP contribution in [0.15, 0.2) is 60.8 Å². The number of aromatic nitrogens is 2. The summed E-state index contributed by atoms with van der Waals surface area (Å²) in [6.45, 7) is 2.48. The predicted molar refractivity (Wildman–Crippen MR) is 105 cm³/mol. The molecule has 27 heavy (non-hydrogen) atoms. The zero-order chi connectivity index (χ0) is 19.0. The van der Waals surface area contributed by atoms with Crippen LogP contribution in [0.4, 0.5) is 4.39 Å². The summed E-state index contributed by atoms with van der Waals surface area (Å²) in [5.41, 5.74) is 3.56. The molecular formula is C21H18FN3OS. The first-order chi connectivity index (χ1) is 13.0. The van der Waals surface area contributed by atoms with E-state index in [1.54, 1.807) is 24.1 Å². The van der Waals surface area contributed by atoms with Crippen LogP contribution in [0.25, 0.3) is 16.2 Å². The van der Waals surface area contributed by atoms with Gasteiger partial charge in [-0.2, -0.15) is 0 Å². The molecule has 0 saturated carbocycles. The summed E-state index contributed by atoms with van der Waals surface area (Å²) in [6, 6.07) is 16.2. The van der Waals surface area contributed by atoms with Crippen molar-refractivity contribution >= 4 is 22.2 Å². The SMILES string of the molecule is Cc1c(C(=O)N(C)Cc2ccccc2)sc2nc(-c3ccc(F)cc3)cn12. The van der Waals surface area contributed by atoms with E-state index in [0.717, 1.165) is 27.5 Å². The Morgan fingerprint density at radius 3 is 2.52 bits per heavy atom. The largest absolute Gasteiger partial charge is 0.337 e. The molecule has 0 bridgehead atoms. The molecule has 2 heterocycles. The van der Waals surface area contributed by atoms with Crippen LogP contribution < -0.4 is 0 Å². The fourth-order valence-corrected chi connectivity index (χ4v) is 4.11. The molecule has 1 amide bonds. The Morgan fingerprint density at radius 2 is 1.85 bits per heavy atom. The van der Waals surface area contributed by atoms with Crippen molar-refractivity contribution in [1.82, 2.24) is 14.3 Å². The number of halogens is 1. The molecule has 0 saturated heterocycles. The smallest absolute Gasteiger partial charge is 0.265 e. The second kappa shape index (κ2) is 6.96. The van der Waals surface area contributed by atoms with Gasteiger partial charge in [-0.15, -0.1) is 0 Å². The monoisotopic (exact) mass is 379 g/mol. The van der Waals surface area contributed by atoms with E-state index in [4.69, 9.17) is 0 Å². The maximum Gasteiger partial charge on any atom is 0.265 e. The number of aryl methyl sites for hydroxylation is 1. The molecule has 2 aromatic carbocycles. The number of rotatable bonds is 4. The molecule has 0 unspecified atom stereocenters. The van der Waals surface area contributed by atoms with Crippen molar-refractivity contribution < 1.29 is 9.18 Å². The van der Waals surface area contributed by atoms with Crippen LogP contribution >= 0.6 is 11.3 Å². The average Bonchev–Trinajstić information content (AvgIpc) is 3.22. The molecule has 0 aliphatic heterocycles. The normalized spacial score (nSPS) is 11.1. The zero-order valence-corrected chi connectivity index (χ0v) is 15.8. The molecule has 6 heteroatoms. The van der Waals surface area contributed by atoms with E-state index in [1.165, 1.54) is 23.5 Å². The lowest BCUT2D eigenvalue weighted by atomic mass is 10.2. The lowest BCUT2D eigenvalue weighted by Crippen LogP contribution is -2.26. The second-order valence-electron chi connectivity index (χ2n) is 6.45. The summed E-state index contributed by atoms with van der Waals surface area (Å²) in [4.78, 5) is 20.6. The van der Waals surface area contributed by atoms with Crippen LogP contribution in [-0.2, 0) is 6.54 Å². The number of nitrogens with zero attached hydrogens (tertiary/aromatic N) is 3. The first-order valence-corrected chi connectivity index (χ1v) is 9.38. The third-order valence-electron chi connectivity index (χ3n) is 4.50. The first kappa shape index (κ1) is 17.4. The van der Waals surface area contributed by atoms with E-state index in [-0.39, 0.29) is 11.7 Å². The summed E-state index contributed by atoms with van der Waals surface area (Å²) >= 11 is 1.38. The molecule has 0 aliphatic rings. The van der Waals surface area contributed by atoms with Gasteiger partial charge in [-0.3, -0.25) is 9.20 Å². The van der Waals surface area contributed by atoms with Crippen molar-refractivity contribution in [3.8, 4) is 11.3 Å². The number of imidazole rings is 1. The molecule has 4 rings (SSSR count). The molecule has 2 aromatic heterocycles. The Bertz CT molecular complexity index is 1100. The number of carbonyl (C=O) groups is 1. The third-order valence-corrected chi connectivity index (χ3v) is 5.65. The van der Waals surface area contributed by atoms with Crippen LogP contribution in [0.5, 0.6) is 0 Å². The number of thiazole rings is 1. The number of carbonyl (C=O) groups excluding carboxylic acids is 1. The molecule has 4 nitrogen and oxygen atoms in total. The predicted octanol–water partition coefficient (Wildman–Crippen LogP) is 4.78. The van der Waals surface area contributed by atoms with Crippen LogP contribution in [0.1, 0.15) is 20.9 Å². The third kappa shape index (κ3) is 3.36. The van der Waals surface area contributed by atoms with Gasteiger partial charge in [-0.05, 0) is 36.8 Å². The Labute approximate surface area is 160 Å². The topological polar surface area (TPSA) is 37.6 Å². The highest BCUT2D eigenvalue weighted by atomic mass is 32.1. The fourth-order valence-electron chi connectivity index (χ4n) is 3.01. The minimum Gasteiger partial charge on any atom is -0.337 e. The quantitative estimate of drug-likeness (QED) is 0.512. The summed E-state index contributed by atoms with van der Waals surface area (Å²) in [5, 5.41) is 0. The zero-order valence-electron chi connectivity index (χ0n) is 15.0. The Kier molecular flexibility index (Phi) is 4.49. The maximum absolute atomic E-state index is 13.1. The Morgan fingerprint density at radius 1 is 1.15 bits per heavy atom. The lowest BCUT2D eigenvalue weighted by Gasteiger charge is -2.16. The molecule has 0 aliphatic carbocycles. The van der Waals surface area contributed by atoms with Crippen molar-refractivity contribution in [3.05, 3.63) is 82.7 Å². The van der Waals surface area contributed by atoms with Crippen molar-refractivity contribution in [3.63, 3.8) is 0 Å². The highest BCUT2D eigenvalue weighted by Gasteiger charge is 2.21. The van der Waals surface area contributed by atoms with Gasteiger partial charge in [0.1, 0.15) is 10.7 Å². The Balaban J connectivity index is 1.61. The van der Waals surface area contributed by atoms with Gasteiger partial charge in [0.25, 0.3) is 5.91 Å². The lowest BCUT2D eigenvalue weighted by molar-refractivity contribution is 0.0789. The number of hydrogen-bond acceptors (Lipinski definition) is 3. The number of amides is 1. The summed E-state index contributed by atoms with van der Waals surface area (Å²) in [5.74, 6) is -0.291. The van der Waals surface area contributed by atoms with Gasteiger partial charge in [-0.25, -0.2) is 9.37 Å². The summed E-state index contributed by atoms with van der Waals surface area (Å²) in [6.07, 6.45) is 1.89. The first-order valence-electron chi connectivity index (χ1n) is 8.57. The number of fused-ring (bicyclic) bond motifs is 1. The standard InChI is InChI=1S/C21H18FN3OS/c1-14-19(20(26)24(2)12-15-6-4-3-5-7-15)27-21-23-18(13-25(14)21)16-8-10-17(22)11-9-16/h3-11,13H,12H2,1-2H3. The van der Waals surface area contributed by atoms with Gasteiger partial charge < -0.3 is 4.90 Å². The van der Waals surface area contributed by atoms with Gasteiger partial charge in [0.2, 0.25) is 0 Å². The van der Waals surface area contributed by atoms with E-state index in [0.29, 0.717) is 11.4 Å². The van der Waals surface area contributed by atoms with E-state index in [2.05, 4.69) is 4.98 Å². The minimum atomic E-state index is -0.273. The minimum absolute atomic E-state index is 0.0183. The maximum atomic E-state index is 13.1. The molecule has 0 N–H and O–H groups in total. The van der Waals surface area contributed by atoms with Crippen molar-refractivity contribution in [2.24, 2.45) is 0 Å². The van der Waals surface area contributed by atoms with E-state index >= 15 is 0 Å². The highest BCUT2D eigenvalue weighted by Crippen LogP contribution is 2.28. The number of hydrogen-bond donors (Lipinski definition) is 0. The van der Waals surface area contributed by atoms with Crippen molar-refractivity contribution in [2.75, 3.05) is 7.05 Å². The van der Waals surface area contributed by atoms with Crippen molar-refractivity contribution in [2.45, 2.75) is 13.5 Å². The van der Waals surface area contributed by atoms with Gasteiger partial charge in [0, 0.05) is 31.0 Å².